The van der Waals surface area contributed by atoms with Crippen molar-refractivity contribution in [3.63, 3.8) is 0 Å². The van der Waals surface area contributed by atoms with E-state index in [1.807, 2.05) is 30.3 Å². The molecule has 4 nitrogen and oxygen atoms in total. The van der Waals surface area contributed by atoms with E-state index in [0.717, 1.165) is 24.4 Å². The van der Waals surface area contributed by atoms with Crippen LogP contribution < -0.4 is 9.62 Å². The van der Waals surface area contributed by atoms with Crippen LogP contribution in [0.5, 0.6) is 0 Å². The van der Waals surface area contributed by atoms with Gasteiger partial charge in [0.05, 0.1) is 4.90 Å². The Morgan fingerprint density at radius 2 is 1.50 bits per heavy atom. The number of nitrogens with zero attached hydrogens (tertiary/aromatic N) is 1. The molecule has 0 saturated heterocycles. The van der Waals surface area contributed by atoms with Crippen molar-refractivity contribution in [1.82, 2.24) is 0 Å². The zero-order chi connectivity index (χ0) is 20.1. The van der Waals surface area contributed by atoms with E-state index in [-0.39, 0.29) is 10.9 Å². The number of benzene rings is 3. The number of nitrogens with one attached hydrogen (secondary N) is 1. The first-order valence-corrected chi connectivity index (χ1v) is 10.5. The number of halogens is 1. The van der Waals surface area contributed by atoms with E-state index >= 15 is 0 Å². The predicted molar refractivity (Wildman–Crippen MR) is 111 cm³/mol. The van der Waals surface area contributed by atoms with Gasteiger partial charge >= 0.3 is 0 Å². The lowest BCUT2D eigenvalue weighted by Crippen LogP contribution is -2.30. The Morgan fingerprint density at radius 1 is 0.893 bits per heavy atom. The second-order valence-corrected chi connectivity index (χ2v) is 8.50. The molecule has 28 heavy (non-hydrogen) atoms. The van der Waals surface area contributed by atoms with E-state index in [0.29, 0.717) is 5.69 Å². The maximum absolute atomic E-state index is 13.0. The fourth-order valence-electron chi connectivity index (χ4n) is 2.90. The molecule has 3 aromatic rings. The minimum absolute atomic E-state index is 0.0193. The molecule has 0 aliphatic heterocycles. The van der Waals surface area contributed by atoms with Crippen molar-refractivity contribution in [2.45, 2.75) is 31.3 Å². The van der Waals surface area contributed by atoms with Crippen molar-refractivity contribution in [1.29, 1.82) is 0 Å². The van der Waals surface area contributed by atoms with Crippen LogP contribution in [0.1, 0.15) is 19.4 Å². The van der Waals surface area contributed by atoms with Gasteiger partial charge in [-0.25, -0.2) is 12.8 Å². The van der Waals surface area contributed by atoms with Gasteiger partial charge in [-0.3, -0.25) is 4.72 Å². The molecular formula is C22H23FN2O2S. The fourth-order valence-corrected chi connectivity index (χ4v) is 3.96. The third kappa shape index (κ3) is 4.89. The van der Waals surface area contributed by atoms with Gasteiger partial charge in [-0.05, 0) is 67.9 Å². The van der Waals surface area contributed by atoms with E-state index in [9.17, 15) is 12.8 Å². The maximum Gasteiger partial charge on any atom is 0.261 e. The van der Waals surface area contributed by atoms with Crippen LogP contribution in [-0.4, -0.2) is 14.5 Å². The molecule has 0 bridgehead atoms. The van der Waals surface area contributed by atoms with Crippen LogP contribution in [0.15, 0.2) is 83.8 Å². The van der Waals surface area contributed by atoms with Gasteiger partial charge in [0.2, 0.25) is 0 Å². The van der Waals surface area contributed by atoms with E-state index < -0.39 is 15.8 Å². The molecule has 0 aliphatic carbocycles. The van der Waals surface area contributed by atoms with Gasteiger partial charge in [0, 0.05) is 24.0 Å². The minimum atomic E-state index is -3.76. The lowest BCUT2D eigenvalue weighted by atomic mass is 10.1. The third-order valence-electron chi connectivity index (χ3n) is 4.39. The number of anilines is 2. The van der Waals surface area contributed by atoms with Crippen LogP contribution >= 0.6 is 0 Å². The quantitative estimate of drug-likeness (QED) is 0.606. The third-order valence-corrected chi connectivity index (χ3v) is 5.79. The highest BCUT2D eigenvalue weighted by molar-refractivity contribution is 7.92. The van der Waals surface area contributed by atoms with Gasteiger partial charge in [0.25, 0.3) is 10.0 Å². The lowest BCUT2D eigenvalue weighted by molar-refractivity contribution is 0.599. The van der Waals surface area contributed by atoms with E-state index in [1.165, 1.54) is 17.7 Å². The van der Waals surface area contributed by atoms with Crippen LogP contribution in [-0.2, 0) is 16.6 Å². The standard InChI is InChI=1S/C22H23FN2O2S/c1-17(2)25(16-18-6-4-3-5-7-18)21-12-10-20(11-13-21)24-28(26,27)22-14-8-19(23)9-15-22/h3-15,17,24H,16H2,1-2H3. The highest BCUT2D eigenvalue weighted by Crippen LogP contribution is 2.24. The molecule has 0 aliphatic rings. The Hall–Kier alpha value is -2.86. The topological polar surface area (TPSA) is 49.4 Å². The van der Waals surface area contributed by atoms with Gasteiger partial charge in [0.15, 0.2) is 0 Å². The molecule has 1 N–H and O–H groups in total. The number of rotatable bonds is 7. The molecule has 0 amide bonds. The first-order chi connectivity index (χ1) is 13.3. The summed E-state index contributed by atoms with van der Waals surface area (Å²) >= 11 is 0. The molecule has 3 rings (SSSR count). The molecule has 0 unspecified atom stereocenters. The van der Waals surface area contributed by atoms with Gasteiger partial charge in [-0.15, -0.1) is 0 Å². The summed E-state index contributed by atoms with van der Waals surface area (Å²) in [7, 11) is -3.76. The molecule has 0 saturated carbocycles. The summed E-state index contributed by atoms with van der Waals surface area (Å²) < 4.78 is 40.4. The van der Waals surface area contributed by atoms with Gasteiger partial charge < -0.3 is 4.90 Å². The molecule has 0 radical (unpaired) electrons. The monoisotopic (exact) mass is 398 g/mol. The summed E-state index contributed by atoms with van der Waals surface area (Å²) in [5.74, 6) is -0.476. The molecule has 0 aromatic heterocycles. The van der Waals surface area contributed by atoms with Crippen LogP contribution in [0.2, 0.25) is 0 Å². The largest absolute Gasteiger partial charge is 0.365 e. The van der Waals surface area contributed by atoms with E-state index in [4.69, 9.17) is 0 Å². The minimum Gasteiger partial charge on any atom is -0.365 e. The van der Waals surface area contributed by atoms with Crippen molar-refractivity contribution < 1.29 is 12.8 Å². The smallest absolute Gasteiger partial charge is 0.261 e. The van der Waals surface area contributed by atoms with Crippen molar-refractivity contribution in [2.75, 3.05) is 9.62 Å². The maximum atomic E-state index is 13.0. The first-order valence-electron chi connectivity index (χ1n) is 9.04. The average molecular weight is 399 g/mol. The zero-order valence-electron chi connectivity index (χ0n) is 15.8. The van der Waals surface area contributed by atoms with Crippen LogP contribution in [0, 0.1) is 5.82 Å². The van der Waals surface area contributed by atoms with Crippen molar-refractivity contribution in [3.8, 4) is 0 Å². The van der Waals surface area contributed by atoms with Crippen LogP contribution in [0.25, 0.3) is 0 Å². The second kappa shape index (κ2) is 8.44. The summed E-state index contributed by atoms with van der Waals surface area (Å²) in [6.45, 7) is 5.00. The fraction of sp³-hybridized carbons (Fsp3) is 0.182. The van der Waals surface area contributed by atoms with E-state index in [2.05, 4.69) is 35.6 Å². The predicted octanol–water partition coefficient (Wildman–Crippen LogP) is 5.04. The van der Waals surface area contributed by atoms with Crippen molar-refractivity contribution >= 4 is 21.4 Å². The Labute approximate surface area is 165 Å². The summed E-state index contributed by atoms with van der Waals surface area (Å²) in [5.41, 5.74) is 2.66. The second-order valence-electron chi connectivity index (χ2n) is 6.81. The van der Waals surface area contributed by atoms with Crippen LogP contribution in [0.4, 0.5) is 15.8 Å². The zero-order valence-corrected chi connectivity index (χ0v) is 16.7. The van der Waals surface area contributed by atoms with Gasteiger partial charge in [-0.2, -0.15) is 0 Å². The molecule has 0 spiro atoms. The molecule has 0 heterocycles. The first kappa shape index (κ1) is 19.9. The Kier molecular flexibility index (Phi) is 5.99. The molecule has 6 heteroatoms. The molecule has 146 valence electrons. The summed E-state index contributed by atoms with van der Waals surface area (Å²) in [6, 6.07) is 22.5. The molecule has 3 aromatic carbocycles. The Bertz CT molecular complexity index is 1000. The lowest BCUT2D eigenvalue weighted by Gasteiger charge is -2.29. The molecule has 0 atom stereocenters. The van der Waals surface area contributed by atoms with E-state index in [1.54, 1.807) is 12.1 Å². The highest BCUT2D eigenvalue weighted by atomic mass is 32.2. The van der Waals surface area contributed by atoms with Crippen molar-refractivity contribution in [2.24, 2.45) is 0 Å². The summed E-state index contributed by atoms with van der Waals surface area (Å²) in [6.07, 6.45) is 0. The van der Waals surface area contributed by atoms with Gasteiger partial charge in [0.1, 0.15) is 5.82 Å². The SMILES string of the molecule is CC(C)N(Cc1ccccc1)c1ccc(NS(=O)(=O)c2ccc(F)cc2)cc1. The molecular weight excluding hydrogens is 375 g/mol. The number of hydrogen-bond donors (Lipinski definition) is 1. The number of sulfonamides is 1. The Morgan fingerprint density at radius 3 is 2.07 bits per heavy atom. The normalized spacial score (nSPS) is 11.4. The molecule has 0 fully saturated rings. The summed E-state index contributed by atoms with van der Waals surface area (Å²) in [4.78, 5) is 2.26. The van der Waals surface area contributed by atoms with Gasteiger partial charge in [-0.1, -0.05) is 30.3 Å². The van der Waals surface area contributed by atoms with Crippen LogP contribution in [0.3, 0.4) is 0 Å². The number of hydrogen-bond acceptors (Lipinski definition) is 3. The highest BCUT2D eigenvalue weighted by Gasteiger charge is 2.15. The Balaban J connectivity index is 1.77. The average Bonchev–Trinajstić information content (AvgIpc) is 2.67. The summed E-state index contributed by atoms with van der Waals surface area (Å²) in [5, 5.41) is 0. The van der Waals surface area contributed by atoms with Crippen molar-refractivity contribution in [3.05, 3.63) is 90.2 Å².